The van der Waals surface area contributed by atoms with Gasteiger partial charge in [-0.1, -0.05) is 6.07 Å². The van der Waals surface area contributed by atoms with Gasteiger partial charge in [-0.2, -0.15) is 0 Å². The Bertz CT molecular complexity index is 621. The molecule has 0 spiro atoms. The van der Waals surface area contributed by atoms with E-state index in [-0.39, 0.29) is 11.5 Å². The Kier molecular flexibility index (Phi) is 2.51. The van der Waals surface area contributed by atoms with Crippen LogP contribution < -0.4 is 17.2 Å². The van der Waals surface area contributed by atoms with Crippen molar-refractivity contribution in [1.82, 2.24) is 4.98 Å². The summed E-state index contributed by atoms with van der Waals surface area (Å²) < 4.78 is 10.3. The summed E-state index contributed by atoms with van der Waals surface area (Å²) >= 11 is 0. The van der Waals surface area contributed by atoms with Crippen molar-refractivity contribution in [1.29, 1.82) is 0 Å². The molecule has 1 aromatic carbocycles. The molecular formula is C12H15N3O3. The fourth-order valence-electron chi connectivity index (χ4n) is 2.30. The normalized spacial score (nSPS) is 19.7. The second kappa shape index (κ2) is 3.94. The molecule has 2 aromatic rings. The van der Waals surface area contributed by atoms with Gasteiger partial charge in [-0.25, -0.2) is 4.79 Å². The van der Waals surface area contributed by atoms with E-state index in [4.69, 9.17) is 20.6 Å². The number of aromatic nitrogens is 1. The summed E-state index contributed by atoms with van der Waals surface area (Å²) in [4.78, 5) is 13.7. The van der Waals surface area contributed by atoms with Crippen LogP contribution in [0.15, 0.2) is 27.4 Å². The largest absolute Gasteiger partial charge is 0.417 e. The van der Waals surface area contributed by atoms with Crippen molar-refractivity contribution in [2.24, 2.45) is 16.9 Å². The van der Waals surface area contributed by atoms with E-state index in [1.165, 1.54) is 0 Å². The third kappa shape index (κ3) is 1.58. The zero-order valence-electron chi connectivity index (χ0n) is 9.81. The maximum Gasteiger partial charge on any atom is 0.417 e. The van der Waals surface area contributed by atoms with Crippen LogP contribution in [0, 0.1) is 5.41 Å². The molecule has 0 aliphatic carbocycles. The fraction of sp³-hybridized carbons (Fsp3) is 0.417. The van der Waals surface area contributed by atoms with Gasteiger partial charge in [0.2, 0.25) is 0 Å². The molecule has 1 atom stereocenters. The summed E-state index contributed by atoms with van der Waals surface area (Å²) in [6.07, 6.45) is 0. The Hall–Kier alpha value is -1.63. The Morgan fingerprint density at radius 2 is 2.22 bits per heavy atom. The highest BCUT2D eigenvalue weighted by Gasteiger charge is 2.43. The van der Waals surface area contributed by atoms with Crippen LogP contribution in [-0.4, -0.2) is 24.7 Å². The van der Waals surface area contributed by atoms with E-state index in [1.54, 1.807) is 12.1 Å². The Balaban J connectivity index is 2.00. The van der Waals surface area contributed by atoms with Crippen molar-refractivity contribution in [3.63, 3.8) is 0 Å². The molecule has 0 bridgehead atoms. The molecule has 0 amide bonds. The lowest BCUT2D eigenvalue weighted by molar-refractivity contribution is -0.121. The summed E-state index contributed by atoms with van der Waals surface area (Å²) in [7, 11) is 0. The van der Waals surface area contributed by atoms with Gasteiger partial charge in [0.05, 0.1) is 18.7 Å². The lowest BCUT2D eigenvalue weighted by Gasteiger charge is -2.45. The quantitative estimate of drug-likeness (QED) is 0.715. The highest BCUT2D eigenvalue weighted by Crippen LogP contribution is 2.38. The highest BCUT2D eigenvalue weighted by atomic mass is 16.5. The minimum atomic E-state index is -0.462. The fourth-order valence-corrected chi connectivity index (χ4v) is 2.30. The average molecular weight is 249 g/mol. The molecule has 1 unspecified atom stereocenters. The van der Waals surface area contributed by atoms with Crippen molar-refractivity contribution in [2.75, 3.05) is 19.8 Å². The molecule has 5 N–H and O–H groups in total. The number of hydrogen-bond donors (Lipinski definition) is 3. The molecule has 1 saturated heterocycles. The second-order valence-electron chi connectivity index (χ2n) is 4.81. The number of fused-ring (bicyclic) bond motifs is 1. The van der Waals surface area contributed by atoms with Crippen molar-refractivity contribution < 1.29 is 9.15 Å². The third-order valence-corrected chi connectivity index (χ3v) is 3.65. The predicted molar refractivity (Wildman–Crippen MR) is 66.1 cm³/mol. The maximum absolute atomic E-state index is 11.1. The first-order valence-corrected chi connectivity index (χ1v) is 5.81. The Labute approximate surface area is 103 Å². The Morgan fingerprint density at radius 1 is 1.44 bits per heavy atom. The molecule has 1 fully saturated rings. The number of ether oxygens (including phenoxy) is 1. The lowest BCUT2D eigenvalue weighted by atomic mass is 9.76. The van der Waals surface area contributed by atoms with Gasteiger partial charge in [-0.15, -0.1) is 0 Å². The van der Waals surface area contributed by atoms with Crippen LogP contribution in [0.4, 0.5) is 0 Å². The molecule has 6 heteroatoms. The monoisotopic (exact) mass is 249 g/mol. The van der Waals surface area contributed by atoms with E-state index >= 15 is 0 Å². The molecule has 0 saturated carbocycles. The van der Waals surface area contributed by atoms with Crippen molar-refractivity contribution in [3.05, 3.63) is 34.3 Å². The van der Waals surface area contributed by atoms with Crippen LogP contribution in [-0.2, 0) is 4.74 Å². The molecule has 96 valence electrons. The summed E-state index contributed by atoms with van der Waals surface area (Å²) in [5, 5.41) is 0. The minimum absolute atomic E-state index is 0.204. The predicted octanol–water partition coefficient (Wildman–Crippen LogP) is 0.0962. The number of nitrogens with one attached hydrogen (secondary N) is 1. The molecule has 0 radical (unpaired) electrons. The number of oxazole rings is 1. The van der Waals surface area contributed by atoms with E-state index in [0.29, 0.717) is 30.9 Å². The lowest BCUT2D eigenvalue weighted by Crippen LogP contribution is -2.54. The smallest absolute Gasteiger partial charge is 0.408 e. The molecular weight excluding hydrogens is 234 g/mol. The molecule has 1 aliphatic rings. The van der Waals surface area contributed by atoms with Crippen molar-refractivity contribution in [2.45, 2.75) is 6.04 Å². The standard InChI is InChI=1S/C12H15N3O3/c13-4-12(5-17-6-12)10(14)7-1-2-8-9(3-7)18-11(16)15-8/h1-3,10H,4-6,13-14H2,(H,15,16). The van der Waals surface area contributed by atoms with Gasteiger partial charge in [-0.3, -0.25) is 4.98 Å². The van der Waals surface area contributed by atoms with Crippen LogP contribution in [0.3, 0.4) is 0 Å². The van der Waals surface area contributed by atoms with Gasteiger partial charge in [0.25, 0.3) is 0 Å². The number of benzene rings is 1. The summed E-state index contributed by atoms with van der Waals surface area (Å²) in [6.45, 7) is 1.61. The topological polar surface area (TPSA) is 107 Å². The molecule has 2 heterocycles. The van der Waals surface area contributed by atoms with Gasteiger partial charge < -0.3 is 20.6 Å². The molecule has 1 aromatic heterocycles. The van der Waals surface area contributed by atoms with Gasteiger partial charge in [-0.05, 0) is 17.7 Å². The first kappa shape index (κ1) is 11.5. The van der Waals surface area contributed by atoms with E-state index in [1.807, 2.05) is 6.07 Å². The highest BCUT2D eigenvalue weighted by molar-refractivity contribution is 5.72. The van der Waals surface area contributed by atoms with Gasteiger partial charge in [0.15, 0.2) is 5.58 Å². The van der Waals surface area contributed by atoms with Crippen molar-refractivity contribution in [3.8, 4) is 0 Å². The summed E-state index contributed by atoms with van der Waals surface area (Å²) in [5.41, 5.74) is 13.9. The number of hydrogen-bond acceptors (Lipinski definition) is 5. The third-order valence-electron chi connectivity index (χ3n) is 3.65. The molecule has 3 rings (SSSR count). The van der Waals surface area contributed by atoms with E-state index < -0.39 is 5.76 Å². The number of rotatable bonds is 3. The Morgan fingerprint density at radius 3 is 2.83 bits per heavy atom. The maximum atomic E-state index is 11.1. The van der Waals surface area contributed by atoms with E-state index in [2.05, 4.69) is 4.98 Å². The molecule has 1 aliphatic heterocycles. The second-order valence-corrected chi connectivity index (χ2v) is 4.81. The summed E-state index contributed by atoms with van der Waals surface area (Å²) in [5.74, 6) is -0.462. The molecule has 18 heavy (non-hydrogen) atoms. The first-order chi connectivity index (χ1) is 8.64. The van der Waals surface area contributed by atoms with Crippen LogP contribution in [0.25, 0.3) is 11.1 Å². The van der Waals surface area contributed by atoms with Gasteiger partial charge in [0.1, 0.15) is 0 Å². The van der Waals surface area contributed by atoms with Crippen LogP contribution >= 0.6 is 0 Å². The molecule has 6 nitrogen and oxygen atoms in total. The van der Waals surface area contributed by atoms with Gasteiger partial charge >= 0.3 is 5.76 Å². The number of nitrogens with two attached hydrogens (primary N) is 2. The number of H-pyrrole nitrogens is 1. The SMILES string of the molecule is NCC1(C(N)c2ccc3[nH]c(=O)oc3c2)COC1. The van der Waals surface area contributed by atoms with Crippen LogP contribution in [0.5, 0.6) is 0 Å². The zero-order chi connectivity index (χ0) is 12.8. The number of aromatic amines is 1. The van der Waals surface area contributed by atoms with E-state index in [0.717, 1.165) is 5.56 Å². The average Bonchev–Trinajstić information content (AvgIpc) is 2.67. The summed E-state index contributed by atoms with van der Waals surface area (Å²) in [6, 6.07) is 5.24. The van der Waals surface area contributed by atoms with Gasteiger partial charge in [0, 0.05) is 18.0 Å². The van der Waals surface area contributed by atoms with Crippen LogP contribution in [0.1, 0.15) is 11.6 Å². The van der Waals surface area contributed by atoms with Crippen LogP contribution in [0.2, 0.25) is 0 Å². The minimum Gasteiger partial charge on any atom is -0.408 e. The van der Waals surface area contributed by atoms with E-state index in [9.17, 15) is 4.79 Å². The first-order valence-electron chi connectivity index (χ1n) is 5.81. The van der Waals surface area contributed by atoms with Crippen molar-refractivity contribution >= 4 is 11.1 Å². The zero-order valence-corrected chi connectivity index (χ0v) is 9.81.